The molecule has 1 N–H and O–H groups in total. The van der Waals surface area contributed by atoms with Crippen molar-refractivity contribution in [2.24, 2.45) is 5.92 Å². The van der Waals surface area contributed by atoms with Gasteiger partial charge in [0, 0.05) is 26.7 Å². The zero-order valence-electron chi connectivity index (χ0n) is 10.1. The Balaban J connectivity index is 2.17. The molecule has 0 aromatic heterocycles. The molecule has 84 valence electrons. The maximum Gasteiger partial charge on any atom is 0.0239 e. The summed E-state index contributed by atoms with van der Waals surface area (Å²) in [4.78, 5) is 2.58. The van der Waals surface area contributed by atoms with Crippen LogP contribution in [-0.2, 0) is 0 Å². The average molecular weight is 199 g/mol. The van der Waals surface area contributed by atoms with E-state index in [2.05, 4.69) is 43.3 Å². The van der Waals surface area contributed by atoms with Crippen LogP contribution in [0.2, 0.25) is 0 Å². The average Bonchev–Trinajstić information content (AvgIpc) is 2.06. The van der Waals surface area contributed by atoms with Gasteiger partial charge in [0.2, 0.25) is 0 Å². The zero-order chi connectivity index (χ0) is 10.6. The summed E-state index contributed by atoms with van der Waals surface area (Å²) in [6.45, 7) is 8.36. The SMILES string of the molecule is CC(C)CN1CCC(NN(C)C)CC1. The van der Waals surface area contributed by atoms with Gasteiger partial charge in [-0.25, -0.2) is 0 Å². The van der Waals surface area contributed by atoms with Gasteiger partial charge in [-0.3, -0.25) is 10.4 Å². The van der Waals surface area contributed by atoms with E-state index in [0.29, 0.717) is 6.04 Å². The molecule has 0 aromatic rings. The van der Waals surface area contributed by atoms with Gasteiger partial charge in [-0.2, -0.15) is 0 Å². The van der Waals surface area contributed by atoms with Gasteiger partial charge >= 0.3 is 0 Å². The lowest BCUT2D eigenvalue weighted by atomic mass is 10.0. The van der Waals surface area contributed by atoms with Crippen molar-refractivity contribution in [3.8, 4) is 0 Å². The van der Waals surface area contributed by atoms with E-state index in [0.717, 1.165) is 5.92 Å². The number of nitrogens with one attached hydrogen (secondary N) is 1. The second kappa shape index (κ2) is 5.69. The lowest BCUT2D eigenvalue weighted by molar-refractivity contribution is 0.139. The third-order valence-corrected chi connectivity index (χ3v) is 2.65. The topological polar surface area (TPSA) is 18.5 Å². The lowest BCUT2D eigenvalue weighted by Crippen LogP contribution is -2.47. The molecule has 0 spiro atoms. The first kappa shape index (κ1) is 12.0. The van der Waals surface area contributed by atoms with Crippen molar-refractivity contribution in [3.63, 3.8) is 0 Å². The Morgan fingerprint density at radius 1 is 1.29 bits per heavy atom. The Hall–Kier alpha value is -0.120. The van der Waals surface area contributed by atoms with Crippen molar-refractivity contribution in [1.82, 2.24) is 15.3 Å². The summed E-state index contributed by atoms with van der Waals surface area (Å²) in [5.74, 6) is 0.799. The molecule has 0 bridgehead atoms. The minimum Gasteiger partial charge on any atom is -0.303 e. The number of nitrogens with zero attached hydrogens (tertiary/aromatic N) is 2. The van der Waals surface area contributed by atoms with Crippen LogP contribution >= 0.6 is 0 Å². The number of rotatable bonds is 4. The number of hydrazine groups is 1. The van der Waals surface area contributed by atoms with E-state index in [-0.39, 0.29) is 0 Å². The fraction of sp³-hybridized carbons (Fsp3) is 1.00. The molecule has 1 saturated heterocycles. The summed E-state index contributed by atoms with van der Waals surface area (Å²) in [6.07, 6.45) is 2.57. The van der Waals surface area contributed by atoms with Gasteiger partial charge < -0.3 is 4.90 Å². The van der Waals surface area contributed by atoms with Crippen LogP contribution in [0.3, 0.4) is 0 Å². The maximum absolute atomic E-state index is 3.46. The minimum atomic E-state index is 0.688. The van der Waals surface area contributed by atoms with Crippen molar-refractivity contribution >= 4 is 0 Å². The third-order valence-electron chi connectivity index (χ3n) is 2.65. The van der Waals surface area contributed by atoms with E-state index in [1.807, 2.05) is 0 Å². The second-order valence-electron chi connectivity index (χ2n) is 4.99. The fourth-order valence-electron chi connectivity index (χ4n) is 2.13. The summed E-state index contributed by atoms with van der Waals surface area (Å²) in [5.41, 5.74) is 3.46. The van der Waals surface area contributed by atoms with Crippen LogP contribution in [0.25, 0.3) is 0 Å². The number of likely N-dealkylation sites (tertiary alicyclic amines) is 1. The largest absolute Gasteiger partial charge is 0.303 e. The molecular formula is C11H25N3. The van der Waals surface area contributed by atoms with Gasteiger partial charge in [-0.05, 0) is 31.8 Å². The molecule has 0 unspecified atom stereocenters. The molecule has 0 amide bonds. The number of hydrogen-bond donors (Lipinski definition) is 1. The van der Waals surface area contributed by atoms with Crippen LogP contribution in [0.1, 0.15) is 26.7 Å². The Labute approximate surface area is 88.4 Å². The predicted octanol–water partition coefficient (Wildman–Crippen LogP) is 1.17. The summed E-state index contributed by atoms with van der Waals surface area (Å²) in [7, 11) is 4.14. The quantitative estimate of drug-likeness (QED) is 0.686. The van der Waals surface area contributed by atoms with Crippen molar-refractivity contribution in [1.29, 1.82) is 0 Å². The molecule has 1 heterocycles. The Morgan fingerprint density at radius 3 is 2.29 bits per heavy atom. The Morgan fingerprint density at radius 2 is 1.86 bits per heavy atom. The van der Waals surface area contributed by atoms with E-state index in [9.17, 15) is 0 Å². The van der Waals surface area contributed by atoms with E-state index in [1.165, 1.54) is 32.5 Å². The molecule has 1 aliphatic rings. The molecule has 0 saturated carbocycles. The number of piperidine rings is 1. The summed E-state index contributed by atoms with van der Waals surface area (Å²) < 4.78 is 0. The minimum absolute atomic E-state index is 0.688. The van der Waals surface area contributed by atoms with Gasteiger partial charge in [0.1, 0.15) is 0 Å². The van der Waals surface area contributed by atoms with Crippen LogP contribution in [-0.4, -0.2) is 49.7 Å². The third kappa shape index (κ3) is 4.40. The van der Waals surface area contributed by atoms with Crippen LogP contribution in [0.5, 0.6) is 0 Å². The molecule has 3 nitrogen and oxygen atoms in total. The molecule has 1 aliphatic heterocycles. The summed E-state index contributed by atoms with van der Waals surface area (Å²) in [5, 5.41) is 2.07. The molecule has 0 radical (unpaired) electrons. The first-order valence-corrected chi connectivity index (χ1v) is 5.73. The van der Waals surface area contributed by atoms with Gasteiger partial charge in [0.25, 0.3) is 0 Å². The monoisotopic (exact) mass is 199 g/mol. The van der Waals surface area contributed by atoms with Crippen molar-refractivity contribution in [2.45, 2.75) is 32.7 Å². The summed E-state index contributed by atoms with van der Waals surface area (Å²) >= 11 is 0. The first-order chi connectivity index (χ1) is 6.58. The molecule has 1 fully saturated rings. The highest BCUT2D eigenvalue weighted by Crippen LogP contribution is 2.11. The first-order valence-electron chi connectivity index (χ1n) is 5.73. The van der Waals surface area contributed by atoms with Crippen LogP contribution in [0.15, 0.2) is 0 Å². The van der Waals surface area contributed by atoms with Gasteiger partial charge in [0.15, 0.2) is 0 Å². The van der Waals surface area contributed by atoms with Crippen LogP contribution < -0.4 is 5.43 Å². The smallest absolute Gasteiger partial charge is 0.0239 e. The van der Waals surface area contributed by atoms with Crippen LogP contribution in [0.4, 0.5) is 0 Å². The van der Waals surface area contributed by atoms with Gasteiger partial charge in [-0.15, -0.1) is 0 Å². The van der Waals surface area contributed by atoms with Crippen molar-refractivity contribution in [2.75, 3.05) is 33.7 Å². The molecule has 0 atom stereocenters. The number of hydrogen-bond acceptors (Lipinski definition) is 3. The van der Waals surface area contributed by atoms with E-state index < -0.39 is 0 Å². The normalized spacial score (nSPS) is 21.0. The highest BCUT2D eigenvalue weighted by atomic mass is 15.5. The second-order valence-corrected chi connectivity index (χ2v) is 4.99. The van der Waals surface area contributed by atoms with Crippen molar-refractivity contribution in [3.05, 3.63) is 0 Å². The summed E-state index contributed by atoms with van der Waals surface area (Å²) in [6, 6.07) is 0.688. The molecule has 3 heteroatoms. The molecule has 0 aliphatic carbocycles. The Kier molecular flexibility index (Phi) is 4.85. The fourth-order valence-corrected chi connectivity index (χ4v) is 2.13. The molecular weight excluding hydrogens is 174 g/mol. The van der Waals surface area contributed by atoms with E-state index in [1.54, 1.807) is 0 Å². The highest BCUT2D eigenvalue weighted by Gasteiger charge is 2.19. The van der Waals surface area contributed by atoms with Crippen LogP contribution in [0, 0.1) is 5.92 Å². The van der Waals surface area contributed by atoms with Crippen molar-refractivity contribution < 1.29 is 0 Å². The zero-order valence-corrected chi connectivity index (χ0v) is 10.1. The standard InChI is InChI=1S/C11H25N3/c1-10(2)9-14-7-5-11(6-8-14)12-13(3)4/h10-12H,5-9H2,1-4H3. The molecule has 1 rings (SSSR count). The lowest BCUT2D eigenvalue weighted by Gasteiger charge is -2.34. The van der Waals surface area contributed by atoms with E-state index >= 15 is 0 Å². The van der Waals surface area contributed by atoms with Gasteiger partial charge in [0.05, 0.1) is 0 Å². The molecule has 14 heavy (non-hydrogen) atoms. The van der Waals surface area contributed by atoms with Gasteiger partial charge in [-0.1, -0.05) is 13.8 Å². The predicted molar refractivity (Wildman–Crippen MR) is 61.1 cm³/mol. The highest BCUT2D eigenvalue weighted by molar-refractivity contribution is 4.76. The van der Waals surface area contributed by atoms with E-state index in [4.69, 9.17) is 0 Å². The Bertz CT molecular complexity index is 131. The maximum atomic E-state index is 3.46. The molecule has 0 aromatic carbocycles.